The van der Waals surface area contributed by atoms with E-state index in [2.05, 4.69) is 29.2 Å². The predicted octanol–water partition coefficient (Wildman–Crippen LogP) is 3.80. The third-order valence-electron chi connectivity index (χ3n) is 4.14. The van der Waals surface area contributed by atoms with Gasteiger partial charge in [-0.1, -0.05) is 24.3 Å². The third-order valence-corrected chi connectivity index (χ3v) is 4.14. The zero-order valence-electron chi connectivity index (χ0n) is 12.2. The minimum atomic E-state index is -0.153. The van der Waals surface area contributed by atoms with Gasteiger partial charge in [-0.2, -0.15) is 0 Å². The molecule has 1 aliphatic heterocycles. The van der Waals surface area contributed by atoms with Gasteiger partial charge in [0, 0.05) is 23.5 Å². The normalized spacial score (nSPS) is 14.7. The molecule has 0 atom stereocenters. The number of nitrogens with zero attached hydrogens (tertiary/aromatic N) is 1. The van der Waals surface area contributed by atoms with Crippen molar-refractivity contribution < 1.29 is 4.39 Å². The lowest BCUT2D eigenvalue weighted by Crippen LogP contribution is -2.21. The van der Waals surface area contributed by atoms with Crippen LogP contribution in [0.3, 0.4) is 0 Å². The maximum atomic E-state index is 14.2. The van der Waals surface area contributed by atoms with E-state index in [9.17, 15) is 4.39 Å². The number of halogens is 1. The van der Waals surface area contributed by atoms with Gasteiger partial charge in [-0.25, -0.2) is 4.39 Å². The number of anilines is 2. The molecule has 1 aliphatic rings. The zero-order chi connectivity index (χ0) is 14.7. The molecule has 0 aliphatic carbocycles. The highest BCUT2D eigenvalue weighted by molar-refractivity contribution is 5.69. The van der Waals surface area contributed by atoms with E-state index in [-0.39, 0.29) is 5.82 Å². The summed E-state index contributed by atoms with van der Waals surface area (Å²) in [5.74, 6) is -0.153. The number of benzene rings is 2. The molecule has 0 fully saturated rings. The van der Waals surface area contributed by atoms with Crippen molar-refractivity contribution in [1.29, 1.82) is 0 Å². The van der Waals surface area contributed by atoms with E-state index < -0.39 is 0 Å². The standard InChI is InChI=1S/C18H21FN2/c19-16-8-5-10-18(15(16)11-12-20)21-13-4-3-7-14-6-1-2-9-17(14)21/h1-2,5-6,8-10H,3-4,7,11-13,20H2. The highest BCUT2D eigenvalue weighted by Crippen LogP contribution is 2.35. The monoisotopic (exact) mass is 284 g/mol. The Morgan fingerprint density at radius 3 is 2.67 bits per heavy atom. The van der Waals surface area contributed by atoms with Crippen molar-refractivity contribution in [3.8, 4) is 0 Å². The van der Waals surface area contributed by atoms with Gasteiger partial charge >= 0.3 is 0 Å². The van der Waals surface area contributed by atoms with Crippen molar-refractivity contribution in [2.45, 2.75) is 25.7 Å². The van der Waals surface area contributed by atoms with Gasteiger partial charge in [-0.05, 0) is 56.0 Å². The number of hydrogen-bond donors (Lipinski definition) is 1. The fraction of sp³-hybridized carbons (Fsp3) is 0.333. The summed E-state index contributed by atoms with van der Waals surface area (Å²) in [6.45, 7) is 1.39. The molecule has 0 spiro atoms. The van der Waals surface area contributed by atoms with E-state index in [1.807, 2.05) is 6.07 Å². The van der Waals surface area contributed by atoms with Crippen LogP contribution in [0.2, 0.25) is 0 Å². The van der Waals surface area contributed by atoms with E-state index in [1.54, 1.807) is 6.07 Å². The highest BCUT2D eigenvalue weighted by atomic mass is 19.1. The molecule has 3 rings (SSSR count). The molecule has 2 aromatic carbocycles. The Labute approximate surface area is 125 Å². The van der Waals surface area contributed by atoms with Crippen LogP contribution in [0.25, 0.3) is 0 Å². The summed E-state index contributed by atoms with van der Waals surface area (Å²) < 4.78 is 14.2. The predicted molar refractivity (Wildman–Crippen MR) is 85.5 cm³/mol. The number of nitrogens with two attached hydrogens (primary N) is 1. The van der Waals surface area contributed by atoms with Crippen molar-refractivity contribution in [2.75, 3.05) is 18.0 Å². The molecule has 2 aromatic rings. The lowest BCUT2D eigenvalue weighted by molar-refractivity contribution is 0.609. The van der Waals surface area contributed by atoms with Gasteiger partial charge in [0.05, 0.1) is 0 Å². The van der Waals surface area contributed by atoms with Gasteiger partial charge in [0.15, 0.2) is 0 Å². The second-order valence-corrected chi connectivity index (χ2v) is 5.51. The Bertz CT molecular complexity index is 624. The molecule has 2 nitrogen and oxygen atoms in total. The van der Waals surface area contributed by atoms with Crippen LogP contribution in [0, 0.1) is 5.82 Å². The van der Waals surface area contributed by atoms with E-state index in [1.165, 1.54) is 23.7 Å². The molecule has 21 heavy (non-hydrogen) atoms. The first kappa shape index (κ1) is 14.1. The summed E-state index contributed by atoms with van der Waals surface area (Å²) in [5, 5.41) is 0. The average Bonchev–Trinajstić information content (AvgIpc) is 2.72. The van der Waals surface area contributed by atoms with Gasteiger partial charge in [0.2, 0.25) is 0 Å². The Hall–Kier alpha value is -1.87. The molecule has 0 saturated heterocycles. The molecule has 0 aromatic heterocycles. The van der Waals surface area contributed by atoms with Crippen LogP contribution in [0.15, 0.2) is 42.5 Å². The fourth-order valence-electron chi connectivity index (χ4n) is 3.13. The topological polar surface area (TPSA) is 29.3 Å². The molecule has 3 heteroatoms. The Morgan fingerprint density at radius 1 is 1.00 bits per heavy atom. The molecule has 0 bridgehead atoms. The summed E-state index contributed by atoms with van der Waals surface area (Å²) in [4.78, 5) is 2.26. The van der Waals surface area contributed by atoms with Gasteiger partial charge < -0.3 is 10.6 Å². The maximum Gasteiger partial charge on any atom is 0.128 e. The average molecular weight is 284 g/mol. The van der Waals surface area contributed by atoms with Gasteiger partial charge in [-0.3, -0.25) is 0 Å². The molecule has 0 radical (unpaired) electrons. The Balaban J connectivity index is 2.10. The molecule has 2 N–H and O–H groups in total. The van der Waals surface area contributed by atoms with Gasteiger partial charge in [0.1, 0.15) is 5.82 Å². The Morgan fingerprint density at radius 2 is 1.81 bits per heavy atom. The van der Waals surface area contributed by atoms with Gasteiger partial charge in [0.25, 0.3) is 0 Å². The van der Waals surface area contributed by atoms with E-state index in [0.29, 0.717) is 13.0 Å². The number of hydrogen-bond acceptors (Lipinski definition) is 2. The number of aryl methyl sites for hydroxylation is 1. The number of fused-ring (bicyclic) bond motifs is 1. The second-order valence-electron chi connectivity index (χ2n) is 5.51. The van der Waals surface area contributed by atoms with Gasteiger partial charge in [-0.15, -0.1) is 0 Å². The van der Waals surface area contributed by atoms with Crippen molar-refractivity contribution in [3.63, 3.8) is 0 Å². The summed E-state index contributed by atoms with van der Waals surface area (Å²) in [6, 6.07) is 13.8. The van der Waals surface area contributed by atoms with E-state index in [0.717, 1.165) is 30.6 Å². The van der Waals surface area contributed by atoms with E-state index >= 15 is 0 Å². The molecule has 0 amide bonds. The largest absolute Gasteiger partial charge is 0.341 e. The molecular weight excluding hydrogens is 263 g/mol. The second kappa shape index (κ2) is 6.27. The zero-order valence-corrected chi connectivity index (χ0v) is 12.2. The minimum absolute atomic E-state index is 0.153. The van der Waals surface area contributed by atoms with Crippen LogP contribution >= 0.6 is 0 Å². The minimum Gasteiger partial charge on any atom is -0.341 e. The lowest BCUT2D eigenvalue weighted by Gasteiger charge is -2.27. The third kappa shape index (κ3) is 2.79. The first-order valence-corrected chi connectivity index (χ1v) is 7.64. The first-order chi connectivity index (χ1) is 10.3. The van der Waals surface area contributed by atoms with Crippen molar-refractivity contribution in [1.82, 2.24) is 0 Å². The lowest BCUT2D eigenvalue weighted by atomic mass is 10.1. The van der Waals surface area contributed by atoms with Crippen LogP contribution in [-0.2, 0) is 12.8 Å². The smallest absolute Gasteiger partial charge is 0.128 e. The summed E-state index contributed by atoms with van der Waals surface area (Å²) in [6.07, 6.45) is 3.96. The fourth-order valence-corrected chi connectivity index (χ4v) is 3.13. The van der Waals surface area contributed by atoms with Crippen molar-refractivity contribution >= 4 is 11.4 Å². The van der Waals surface area contributed by atoms with Crippen LogP contribution in [-0.4, -0.2) is 13.1 Å². The van der Waals surface area contributed by atoms with Crippen molar-refractivity contribution in [2.24, 2.45) is 5.73 Å². The SMILES string of the molecule is NCCc1c(F)cccc1N1CCCCc2ccccc21. The van der Waals surface area contributed by atoms with E-state index in [4.69, 9.17) is 5.73 Å². The Kier molecular flexibility index (Phi) is 4.20. The van der Waals surface area contributed by atoms with Crippen LogP contribution < -0.4 is 10.6 Å². The van der Waals surface area contributed by atoms with Crippen molar-refractivity contribution in [3.05, 3.63) is 59.4 Å². The van der Waals surface area contributed by atoms with Crippen LogP contribution in [0.1, 0.15) is 24.0 Å². The molecular formula is C18H21FN2. The summed E-state index contributed by atoms with van der Waals surface area (Å²) >= 11 is 0. The van der Waals surface area contributed by atoms with Crippen LogP contribution in [0.4, 0.5) is 15.8 Å². The summed E-state index contributed by atoms with van der Waals surface area (Å²) in [7, 11) is 0. The van der Waals surface area contributed by atoms with Crippen LogP contribution in [0.5, 0.6) is 0 Å². The molecule has 110 valence electrons. The molecule has 0 unspecified atom stereocenters. The first-order valence-electron chi connectivity index (χ1n) is 7.64. The number of rotatable bonds is 3. The molecule has 1 heterocycles. The quantitative estimate of drug-likeness (QED) is 0.929. The maximum absolute atomic E-state index is 14.2. The molecule has 0 saturated carbocycles. The highest BCUT2D eigenvalue weighted by Gasteiger charge is 2.20. The summed E-state index contributed by atoms with van der Waals surface area (Å²) in [5.41, 5.74) is 9.92. The number of para-hydroxylation sites is 1.